The third-order valence-electron chi connectivity index (χ3n) is 4.01. The van der Waals surface area contributed by atoms with E-state index in [1.165, 1.54) is 0 Å². The van der Waals surface area contributed by atoms with Crippen LogP contribution in [0.5, 0.6) is 0 Å². The summed E-state index contributed by atoms with van der Waals surface area (Å²) in [7, 11) is 0. The normalized spacial score (nSPS) is 15.6. The second-order valence-electron chi connectivity index (χ2n) is 5.52. The van der Waals surface area contributed by atoms with Crippen molar-refractivity contribution in [2.75, 3.05) is 26.3 Å². The first-order chi connectivity index (χ1) is 11.4. The number of morpholine rings is 1. The molecule has 1 aliphatic rings. The highest BCUT2D eigenvalue weighted by Gasteiger charge is 2.18. The van der Waals surface area contributed by atoms with Crippen LogP contribution >= 0.6 is 0 Å². The zero-order valence-electron chi connectivity index (χ0n) is 12.9. The number of nitrogens with zero attached hydrogens (tertiary/aromatic N) is 3. The number of hydrazone groups is 1. The summed E-state index contributed by atoms with van der Waals surface area (Å²) >= 11 is 0. The van der Waals surface area contributed by atoms with Crippen molar-refractivity contribution in [1.29, 1.82) is 0 Å². The SMILES string of the molecule is C(=NN1CCOCC1)c1[nH]c(-c2ccccc2)[n+]2ccccc12. The fourth-order valence-corrected chi connectivity index (χ4v) is 2.82. The molecular weight excluding hydrogens is 288 g/mol. The van der Waals surface area contributed by atoms with Gasteiger partial charge in [0.2, 0.25) is 0 Å². The Morgan fingerprint density at radius 2 is 1.83 bits per heavy atom. The second kappa shape index (κ2) is 6.22. The summed E-state index contributed by atoms with van der Waals surface area (Å²) in [6, 6.07) is 16.5. The van der Waals surface area contributed by atoms with Gasteiger partial charge >= 0.3 is 0 Å². The summed E-state index contributed by atoms with van der Waals surface area (Å²) < 4.78 is 7.52. The lowest BCUT2D eigenvalue weighted by Gasteiger charge is -2.23. The maximum atomic E-state index is 5.36. The van der Waals surface area contributed by atoms with E-state index >= 15 is 0 Å². The van der Waals surface area contributed by atoms with Crippen LogP contribution in [0.3, 0.4) is 0 Å². The van der Waals surface area contributed by atoms with Gasteiger partial charge in [0.1, 0.15) is 0 Å². The number of imidazole rings is 1. The van der Waals surface area contributed by atoms with Gasteiger partial charge in [0.25, 0.3) is 5.82 Å². The highest BCUT2D eigenvalue weighted by Crippen LogP contribution is 2.16. The fourth-order valence-electron chi connectivity index (χ4n) is 2.82. The Kier molecular flexibility index (Phi) is 3.78. The van der Waals surface area contributed by atoms with Crippen molar-refractivity contribution >= 4 is 11.7 Å². The first-order valence-corrected chi connectivity index (χ1v) is 7.86. The van der Waals surface area contributed by atoms with Crippen LogP contribution in [0, 0.1) is 0 Å². The fraction of sp³-hybridized carbons (Fsp3) is 0.222. The van der Waals surface area contributed by atoms with Crippen molar-refractivity contribution in [2.24, 2.45) is 5.10 Å². The molecule has 1 saturated heterocycles. The van der Waals surface area contributed by atoms with Crippen LogP contribution in [0.25, 0.3) is 16.9 Å². The molecule has 23 heavy (non-hydrogen) atoms. The van der Waals surface area contributed by atoms with Gasteiger partial charge in [-0.2, -0.15) is 9.50 Å². The van der Waals surface area contributed by atoms with E-state index in [1.807, 2.05) is 41.6 Å². The van der Waals surface area contributed by atoms with Crippen LogP contribution in [0.2, 0.25) is 0 Å². The third-order valence-corrected chi connectivity index (χ3v) is 4.01. The van der Waals surface area contributed by atoms with Gasteiger partial charge in [-0.25, -0.2) is 4.98 Å². The Morgan fingerprint density at radius 3 is 2.65 bits per heavy atom. The lowest BCUT2D eigenvalue weighted by molar-refractivity contribution is -0.498. The molecule has 4 rings (SSSR count). The van der Waals surface area contributed by atoms with Crippen molar-refractivity contribution in [2.45, 2.75) is 0 Å². The molecule has 5 nitrogen and oxygen atoms in total. The van der Waals surface area contributed by atoms with E-state index in [-0.39, 0.29) is 0 Å². The largest absolute Gasteiger partial charge is 0.378 e. The molecule has 0 saturated carbocycles. The van der Waals surface area contributed by atoms with Gasteiger partial charge in [-0.3, -0.25) is 5.01 Å². The predicted molar refractivity (Wildman–Crippen MR) is 89.4 cm³/mol. The van der Waals surface area contributed by atoms with Crippen molar-refractivity contribution in [1.82, 2.24) is 9.99 Å². The molecule has 0 aliphatic carbocycles. The maximum absolute atomic E-state index is 5.36. The van der Waals surface area contributed by atoms with Gasteiger partial charge in [0.15, 0.2) is 11.2 Å². The Morgan fingerprint density at radius 1 is 1.04 bits per heavy atom. The summed E-state index contributed by atoms with van der Waals surface area (Å²) in [6.07, 6.45) is 3.98. The molecule has 0 amide bonds. The number of fused-ring (bicyclic) bond motifs is 1. The number of hydrogen-bond donors (Lipinski definition) is 1. The van der Waals surface area contributed by atoms with Gasteiger partial charge in [0, 0.05) is 0 Å². The van der Waals surface area contributed by atoms with Crippen LogP contribution in [-0.4, -0.2) is 42.5 Å². The minimum Gasteiger partial charge on any atom is -0.378 e. The van der Waals surface area contributed by atoms with Gasteiger partial charge in [-0.1, -0.05) is 24.3 Å². The molecule has 116 valence electrons. The number of H-pyrrole nitrogens is 1. The van der Waals surface area contributed by atoms with Crippen molar-refractivity contribution in [3.63, 3.8) is 0 Å². The van der Waals surface area contributed by atoms with E-state index < -0.39 is 0 Å². The predicted octanol–water partition coefficient (Wildman–Crippen LogP) is 2.09. The minimum absolute atomic E-state index is 0.743. The Balaban J connectivity index is 1.74. The quantitative estimate of drug-likeness (QED) is 0.595. The number of nitrogens with one attached hydrogen (secondary N) is 1. The number of benzene rings is 1. The van der Waals surface area contributed by atoms with Gasteiger partial charge in [-0.15, -0.1) is 0 Å². The topological polar surface area (TPSA) is 44.7 Å². The summed E-state index contributed by atoms with van der Waals surface area (Å²) in [5.41, 5.74) is 3.28. The zero-order valence-corrected chi connectivity index (χ0v) is 12.9. The monoisotopic (exact) mass is 307 g/mol. The van der Waals surface area contributed by atoms with Crippen LogP contribution in [0.4, 0.5) is 0 Å². The molecule has 1 N–H and O–H groups in total. The number of ether oxygens (including phenoxy) is 1. The smallest absolute Gasteiger partial charge is 0.292 e. The standard InChI is InChI=1S/C18H18N4O/c1-2-6-15(7-3-1)18-20-16(17-8-4-5-9-22(17)18)14-19-21-10-12-23-13-11-21/h1-9,14H,10-13H2/p+1. The molecule has 1 aromatic carbocycles. The van der Waals surface area contributed by atoms with E-state index in [1.54, 1.807) is 0 Å². The number of rotatable bonds is 3. The number of aromatic nitrogens is 2. The first kappa shape index (κ1) is 14.0. The highest BCUT2D eigenvalue weighted by atomic mass is 16.5. The summed E-state index contributed by atoms with van der Waals surface area (Å²) in [5, 5.41) is 6.64. The van der Waals surface area contributed by atoms with Gasteiger partial charge < -0.3 is 4.74 Å². The Hall–Kier alpha value is -2.66. The molecule has 0 atom stereocenters. The molecule has 3 aromatic rings. The zero-order chi connectivity index (χ0) is 15.5. The Bertz CT molecular complexity index is 819. The van der Waals surface area contributed by atoms with Crippen LogP contribution in [0.15, 0.2) is 59.8 Å². The van der Waals surface area contributed by atoms with Crippen LogP contribution in [0.1, 0.15) is 5.69 Å². The number of pyridine rings is 1. The summed E-state index contributed by atoms with van der Waals surface area (Å²) in [6.45, 7) is 3.17. The van der Waals surface area contributed by atoms with Gasteiger partial charge in [0.05, 0.1) is 44.3 Å². The molecule has 1 fully saturated rings. The molecule has 0 bridgehead atoms. The molecule has 0 radical (unpaired) electrons. The third kappa shape index (κ3) is 2.83. The maximum Gasteiger partial charge on any atom is 0.292 e. The minimum atomic E-state index is 0.743. The summed E-state index contributed by atoms with van der Waals surface area (Å²) in [4.78, 5) is 3.50. The van der Waals surface area contributed by atoms with Crippen molar-refractivity contribution in [3.8, 4) is 11.4 Å². The average Bonchev–Trinajstić information content (AvgIpc) is 3.01. The van der Waals surface area contributed by atoms with E-state index in [2.05, 4.69) is 38.9 Å². The molecule has 0 spiro atoms. The first-order valence-electron chi connectivity index (χ1n) is 7.86. The lowest BCUT2D eigenvalue weighted by atomic mass is 10.2. The highest BCUT2D eigenvalue weighted by molar-refractivity contribution is 5.86. The van der Waals surface area contributed by atoms with E-state index in [0.29, 0.717) is 0 Å². The number of hydrogen-bond acceptors (Lipinski definition) is 3. The van der Waals surface area contributed by atoms with Crippen molar-refractivity contribution < 1.29 is 9.14 Å². The molecule has 3 heterocycles. The molecular formula is C18H19N4O+. The average molecular weight is 307 g/mol. The molecule has 2 aromatic heterocycles. The van der Waals surface area contributed by atoms with Crippen LogP contribution in [-0.2, 0) is 4.74 Å². The van der Waals surface area contributed by atoms with Crippen LogP contribution < -0.4 is 4.40 Å². The van der Waals surface area contributed by atoms with E-state index in [0.717, 1.165) is 48.9 Å². The lowest BCUT2D eigenvalue weighted by Crippen LogP contribution is -2.32. The van der Waals surface area contributed by atoms with E-state index in [9.17, 15) is 0 Å². The summed E-state index contributed by atoms with van der Waals surface area (Å²) in [5.74, 6) is 1.06. The Labute approximate surface area is 134 Å². The second-order valence-corrected chi connectivity index (χ2v) is 5.52. The van der Waals surface area contributed by atoms with Gasteiger partial charge in [-0.05, 0) is 24.3 Å². The molecule has 5 heteroatoms. The number of aromatic amines is 1. The van der Waals surface area contributed by atoms with Crippen molar-refractivity contribution in [3.05, 3.63) is 60.4 Å². The van der Waals surface area contributed by atoms with E-state index in [4.69, 9.17) is 4.74 Å². The molecule has 1 aliphatic heterocycles. The molecule has 0 unspecified atom stereocenters.